The first-order valence-corrected chi connectivity index (χ1v) is 13.2. The number of hydrogen-bond donors (Lipinski definition) is 0. The van der Waals surface area contributed by atoms with E-state index in [-0.39, 0.29) is 18.2 Å². The number of nitrogens with zero attached hydrogens (tertiary/aromatic N) is 4. The Balaban J connectivity index is 1.67. The summed E-state index contributed by atoms with van der Waals surface area (Å²) < 4.78 is 41.5. The fraction of sp³-hybridized carbons (Fsp3) is 0.231. The van der Waals surface area contributed by atoms with Gasteiger partial charge in [0.2, 0.25) is 6.54 Å². The molecule has 4 rings (SSSR count). The van der Waals surface area contributed by atoms with Gasteiger partial charge in [-0.15, -0.1) is 10.2 Å². The zero-order valence-corrected chi connectivity index (χ0v) is 22.8. The SMILES string of the molecule is CCOc1cc([C@H](C[N+](=O)[O-])Sc2nnc(C)n2-c2ccc(F)cc2)cc(Br)c1OCc1ccccc1F. The molecular weight excluding hydrogens is 582 g/mol. The van der Waals surface area contributed by atoms with Gasteiger partial charge in [0, 0.05) is 16.2 Å². The average Bonchev–Trinajstić information content (AvgIpc) is 3.24. The monoisotopic (exact) mass is 604 g/mol. The van der Waals surface area contributed by atoms with Gasteiger partial charge in [-0.1, -0.05) is 30.0 Å². The van der Waals surface area contributed by atoms with Crippen LogP contribution in [-0.4, -0.2) is 32.8 Å². The Bertz CT molecular complexity index is 1440. The van der Waals surface area contributed by atoms with Gasteiger partial charge in [0.05, 0.1) is 11.1 Å². The third-order valence-electron chi connectivity index (χ3n) is 5.48. The van der Waals surface area contributed by atoms with Crippen LogP contribution in [0.4, 0.5) is 8.78 Å². The predicted octanol–water partition coefficient (Wildman–Crippen LogP) is 6.70. The van der Waals surface area contributed by atoms with Gasteiger partial charge in [-0.2, -0.15) is 0 Å². The van der Waals surface area contributed by atoms with E-state index in [1.165, 1.54) is 18.2 Å². The van der Waals surface area contributed by atoms with Crippen molar-refractivity contribution in [2.24, 2.45) is 0 Å². The second-order valence-electron chi connectivity index (χ2n) is 8.11. The average molecular weight is 605 g/mol. The highest BCUT2D eigenvalue weighted by Crippen LogP contribution is 2.43. The minimum Gasteiger partial charge on any atom is -0.490 e. The lowest BCUT2D eigenvalue weighted by molar-refractivity contribution is -0.479. The summed E-state index contributed by atoms with van der Waals surface area (Å²) in [7, 11) is 0. The molecule has 0 amide bonds. The second kappa shape index (κ2) is 12.4. The molecule has 38 heavy (non-hydrogen) atoms. The third-order valence-corrected chi connectivity index (χ3v) is 7.25. The Morgan fingerprint density at radius 3 is 2.53 bits per heavy atom. The van der Waals surface area contributed by atoms with Crippen molar-refractivity contribution in [1.29, 1.82) is 0 Å². The summed E-state index contributed by atoms with van der Waals surface area (Å²) in [6.45, 7) is 3.43. The molecule has 1 heterocycles. The Kier molecular flexibility index (Phi) is 8.95. The molecule has 0 aliphatic heterocycles. The Hall–Kier alpha value is -3.51. The number of nitro groups is 1. The molecule has 0 unspecified atom stereocenters. The van der Waals surface area contributed by atoms with Crippen molar-refractivity contribution in [3.63, 3.8) is 0 Å². The lowest BCUT2D eigenvalue weighted by atomic mass is 10.1. The molecule has 0 N–H and O–H groups in total. The molecule has 0 spiro atoms. The van der Waals surface area contributed by atoms with Gasteiger partial charge >= 0.3 is 0 Å². The van der Waals surface area contributed by atoms with Crippen molar-refractivity contribution in [1.82, 2.24) is 14.8 Å². The quantitative estimate of drug-likeness (QED) is 0.107. The van der Waals surface area contributed by atoms with Crippen molar-refractivity contribution in [3.05, 3.63) is 104 Å². The van der Waals surface area contributed by atoms with E-state index in [1.54, 1.807) is 60.9 Å². The molecular formula is C26H23BrF2N4O4S. The molecule has 1 atom stereocenters. The van der Waals surface area contributed by atoms with Gasteiger partial charge in [0.15, 0.2) is 16.7 Å². The number of ether oxygens (including phenoxy) is 2. The van der Waals surface area contributed by atoms with Crippen LogP contribution in [0.25, 0.3) is 5.69 Å². The van der Waals surface area contributed by atoms with Crippen LogP contribution in [0.15, 0.2) is 70.3 Å². The van der Waals surface area contributed by atoms with Gasteiger partial charge in [0.1, 0.15) is 29.3 Å². The van der Waals surface area contributed by atoms with E-state index < -0.39 is 16.7 Å². The molecule has 8 nitrogen and oxygen atoms in total. The van der Waals surface area contributed by atoms with Gasteiger partial charge < -0.3 is 9.47 Å². The molecule has 0 radical (unpaired) electrons. The minimum atomic E-state index is -0.677. The zero-order valence-electron chi connectivity index (χ0n) is 20.4. The largest absolute Gasteiger partial charge is 0.490 e. The molecule has 1 aromatic heterocycles. The topological polar surface area (TPSA) is 92.3 Å². The molecule has 0 fully saturated rings. The number of thioether (sulfide) groups is 1. The molecule has 0 aliphatic carbocycles. The van der Waals surface area contributed by atoms with Gasteiger partial charge in [-0.05, 0) is 77.8 Å². The molecule has 0 aliphatic rings. The number of aryl methyl sites for hydroxylation is 1. The first-order valence-electron chi connectivity index (χ1n) is 11.6. The Labute approximate surface area is 230 Å². The Morgan fingerprint density at radius 2 is 1.84 bits per heavy atom. The normalized spacial score (nSPS) is 11.8. The van der Waals surface area contributed by atoms with Crippen molar-refractivity contribution < 1.29 is 23.2 Å². The van der Waals surface area contributed by atoms with Crippen LogP contribution in [0.5, 0.6) is 11.5 Å². The number of rotatable bonds is 11. The van der Waals surface area contributed by atoms with E-state index >= 15 is 0 Å². The Morgan fingerprint density at radius 1 is 1.11 bits per heavy atom. The summed E-state index contributed by atoms with van der Waals surface area (Å²) in [6.07, 6.45) is 0. The van der Waals surface area contributed by atoms with Crippen LogP contribution >= 0.6 is 27.7 Å². The molecule has 198 valence electrons. The maximum Gasteiger partial charge on any atom is 0.220 e. The fourth-order valence-electron chi connectivity index (χ4n) is 3.72. The van der Waals surface area contributed by atoms with Crippen LogP contribution in [0, 0.1) is 28.7 Å². The summed E-state index contributed by atoms with van der Waals surface area (Å²) in [5, 5.41) is 19.7. The molecule has 3 aromatic carbocycles. The zero-order chi connectivity index (χ0) is 27.2. The van der Waals surface area contributed by atoms with E-state index in [2.05, 4.69) is 26.1 Å². The van der Waals surface area contributed by atoms with Crippen LogP contribution in [-0.2, 0) is 6.61 Å². The molecule has 4 aromatic rings. The number of benzene rings is 3. The molecule has 0 saturated heterocycles. The van der Waals surface area contributed by atoms with Gasteiger partial charge in [-0.25, -0.2) is 8.78 Å². The molecule has 0 bridgehead atoms. The minimum absolute atomic E-state index is 0.0299. The lowest BCUT2D eigenvalue weighted by Gasteiger charge is -2.19. The predicted molar refractivity (Wildman–Crippen MR) is 143 cm³/mol. The van der Waals surface area contributed by atoms with Gasteiger partial charge in [0.25, 0.3) is 0 Å². The molecule has 0 saturated carbocycles. The number of hydrogen-bond acceptors (Lipinski definition) is 7. The summed E-state index contributed by atoms with van der Waals surface area (Å²) >= 11 is 4.65. The van der Waals surface area contributed by atoms with Crippen LogP contribution in [0.3, 0.4) is 0 Å². The third kappa shape index (κ3) is 6.48. The number of halogens is 3. The van der Waals surface area contributed by atoms with Crippen molar-refractivity contribution in [3.8, 4) is 17.2 Å². The van der Waals surface area contributed by atoms with E-state index in [0.717, 1.165) is 11.8 Å². The van der Waals surface area contributed by atoms with Crippen molar-refractivity contribution in [2.75, 3.05) is 13.2 Å². The smallest absolute Gasteiger partial charge is 0.220 e. The summed E-state index contributed by atoms with van der Waals surface area (Å²) in [4.78, 5) is 11.2. The van der Waals surface area contributed by atoms with Gasteiger partial charge in [-0.3, -0.25) is 14.7 Å². The summed E-state index contributed by atoms with van der Waals surface area (Å²) in [5.41, 5.74) is 1.60. The first kappa shape index (κ1) is 27.5. The standard InChI is InChI=1S/C26H23BrF2N4O4S/c1-3-36-23-13-18(12-21(27)25(23)37-15-17-6-4-5-7-22(17)29)24(14-32(34)35)38-26-31-30-16(2)33(26)20-10-8-19(28)9-11-20/h4-13,24H,3,14-15H2,1-2H3/t24-/m0/s1. The van der Waals surface area contributed by atoms with E-state index in [4.69, 9.17) is 9.47 Å². The van der Waals surface area contributed by atoms with Crippen LogP contribution in [0.1, 0.15) is 29.1 Å². The highest BCUT2D eigenvalue weighted by molar-refractivity contribution is 9.10. The fourth-order valence-corrected chi connectivity index (χ4v) is 5.45. The van der Waals surface area contributed by atoms with E-state index in [1.807, 2.05) is 0 Å². The first-order chi connectivity index (χ1) is 18.3. The van der Waals surface area contributed by atoms with Crippen LogP contribution in [0.2, 0.25) is 0 Å². The maximum absolute atomic E-state index is 14.1. The van der Waals surface area contributed by atoms with Crippen LogP contribution < -0.4 is 9.47 Å². The van der Waals surface area contributed by atoms with Crippen molar-refractivity contribution >= 4 is 27.7 Å². The highest BCUT2D eigenvalue weighted by Gasteiger charge is 2.26. The second-order valence-corrected chi connectivity index (χ2v) is 10.1. The van der Waals surface area contributed by atoms with E-state index in [0.29, 0.717) is 50.4 Å². The lowest BCUT2D eigenvalue weighted by Crippen LogP contribution is -2.12. The highest BCUT2D eigenvalue weighted by atomic mass is 79.9. The molecule has 12 heteroatoms. The van der Waals surface area contributed by atoms with Crippen molar-refractivity contribution in [2.45, 2.75) is 30.9 Å². The van der Waals surface area contributed by atoms with E-state index in [9.17, 15) is 18.9 Å². The number of aromatic nitrogens is 3. The summed E-state index contributed by atoms with van der Waals surface area (Å²) in [6, 6.07) is 15.5. The summed E-state index contributed by atoms with van der Waals surface area (Å²) in [5.74, 6) is 0.492. The maximum atomic E-state index is 14.1.